The highest BCUT2D eigenvalue weighted by atomic mass is 32.2. The van der Waals surface area contributed by atoms with Gasteiger partial charge >= 0.3 is 0 Å². The molecule has 0 aromatic carbocycles. The number of carbonyl (C=O) groups excluding carboxylic acids is 1. The summed E-state index contributed by atoms with van der Waals surface area (Å²) in [6.45, 7) is 4.87. The van der Waals surface area contributed by atoms with E-state index in [9.17, 15) is 4.79 Å². The third-order valence-electron chi connectivity index (χ3n) is 2.44. The molecule has 0 aromatic rings. The smallest absolute Gasteiger partial charge is 0.241 e. The molecule has 1 aliphatic rings. The number of nitrogens with zero attached hydrogens (tertiary/aromatic N) is 1. The second kappa shape index (κ2) is 4.86. The van der Waals surface area contributed by atoms with Crippen LogP contribution in [0.1, 0.15) is 20.3 Å². The molecule has 1 amide bonds. The summed E-state index contributed by atoms with van der Waals surface area (Å²) in [4.78, 5) is 13.6. The molecule has 13 heavy (non-hydrogen) atoms. The van der Waals surface area contributed by atoms with Crippen molar-refractivity contribution in [3.63, 3.8) is 0 Å². The highest BCUT2D eigenvalue weighted by Crippen LogP contribution is 2.12. The predicted molar refractivity (Wildman–Crippen MR) is 56.8 cm³/mol. The average molecular weight is 202 g/mol. The number of hydrogen-bond acceptors (Lipinski definition) is 3. The van der Waals surface area contributed by atoms with Gasteiger partial charge in [-0.15, -0.1) is 0 Å². The van der Waals surface area contributed by atoms with Crippen LogP contribution < -0.4 is 5.32 Å². The van der Waals surface area contributed by atoms with Gasteiger partial charge in [0.25, 0.3) is 0 Å². The van der Waals surface area contributed by atoms with Gasteiger partial charge in [0.1, 0.15) is 0 Å². The van der Waals surface area contributed by atoms with Gasteiger partial charge in [-0.25, -0.2) is 0 Å². The van der Waals surface area contributed by atoms with E-state index in [0.717, 1.165) is 18.8 Å². The van der Waals surface area contributed by atoms with Crippen LogP contribution in [0, 0.1) is 0 Å². The van der Waals surface area contributed by atoms with Crippen molar-refractivity contribution in [1.29, 1.82) is 0 Å². The van der Waals surface area contributed by atoms with Crippen LogP contribution in [0.5, 0.6) is 0 Å². The monoisotopic (exact) mass is 202 g/mol. The van der Waals surface area contributed by atoms with Gasteiger partial charge in [-0.05, 0) is 19.6 Å². The molecule has 0 bridgehead atoms. The fourth-order valence-electron chi connectivity index (χ4n) is 1.60. The van der Waals surface area contributed by atoms with E-state index in [0.29, 0.717) is 6.04 Å². The number of thioether (sulfide) groups is 1. The number of nitrogens with one attached hydrogen (secondary N) is 1. The molecular weight excluding hydrogens is 184 g/mol. The molecule has 2 atom stereocenters. The fourth-order valence-corrected chi connectivity index (χ4v) is 2.26. The summed E-state index contributed by atoms with van der Waals surface area (Å²) in [6, 6.07) is 0.413. The minimum atomic E-state index is 0.0595. The van der Waals surface area contributed by atoms with E-state index < -0.39 is 0 Å². The van der Waals surface area contributed by atoms with Crippen molar-refractivity contribution in [2.24, 2.45) is 0 Å². The van der Waals surface area contributed by atoms with Gasteiger partial charge in [0.15, 0.2) is 0 Å². The number of carbonyl (C=O) groups is 1. The Balaban J connectivity index is 2.49. The van der Waals surface area contributed by atoms with Gasteiger partial charge in [0.2, 0.25) is 5.91 Å². The van der Waals surface area contributed by atoms with Crippen LogP contribution in [0.25, 0.3) is 0 Å². The summed E-state index contributed by atoms with van der Waals surface area (Å²) in [5, 5.41) is 3.21. The average Bonchev–Trinajstić information content (AvgIpc) is 2.47. The van der Waals surface area contributed by atoms with Crippen molar-refractivity contribution >= 4 is 17.7 Å². The van der Waals surface area contributed by atoms with E-state index in [4.69, 9.17) is 0 Å². The first kappa shape index (κ1) is 10.9. The van der Waals surface area contributed by atoms with Crippen LogP contribution in [0.15, 0.2) is 0 Å². The molecule has 0 aromatic heterocycles. The summed E-state index contributed by atoms with van der Waals surface area (Å²) >= 11 is 1.79. The molecule has 0 spiro atoms. The zero-order valence-corrected chi connectivity index (χ0v) is 9.36. The first-order valence-corrected chi connectivity index (χ1v) is 6.12. The Morgan fingerprint density at radius 1 is 1.77 bits per heavy atom. The summed E-state index contributed by atoms with van der Waals surface area (Å²) in [7, 11) is 0. The first-order valence-electron chi connectivity index (χ1n) is 4.73. The van der Waals surface area contributed by atoms with Gasteiger partial charge in [0, 0.05) is 11.8 Å². The molecule has 1 fully saturated rings. The zero-order valence-electron chi connectivity index (χ0n) is 8.54. The Labute approximate surface area is 84.2 Å². The molecule has 4 heteroatoms. The van der Waals surface area contributed by atoms with Crippen LogP contribution in [0.2, 0.25) is 0 Å². The second-order valence-electron chi connectivity index (χ2n) is 3.44. The molecular formula is C9H18N2OS. The van der Waals surface area contributed by atoms with E-state index in [-0.39, 0.29) is 11.9 Å². The van der Waals surface area contributed by atoms with E-state index in [2.05, 4.69) is 18.5 Å². The molecule has 0 saturated carbocycles. The zero-order chi connectivity index (χ0) is 9.84. The Hall–Kier alpha value is -0.220. The minimum Gasteiger partial charge on any atom is -0.325 e. The van der Waals surface area contributed by atoms with E-state index in [1.165, 1.54) is 0 Å². The van der Waals surface area contributed by atoms with Crippen LogP contribution >= 0.6 is 11.8 Å². The maximum atomic E-state index is 11.7. The quantitative estimate of drug-likeness (QED) is 0.735. The van der Waals surface area contributed by atoms with Crippen molar-refractivity contribution < 1.29 is 4.79 Å². The van der Waals surface area contributed by atoms with Crippen LogP contribution in [0.4, 0.5) is 0 Å². The van der Waals surface area contributed by atoms with Crippen LogP contribution in [-0.2, 0) is 4.79 Å². The van der Waals surface area contributed by atoms with Crippen LogP contribution in [-0.4, -0.2) is 41.6 Å². The lowest BCUT2D eigenvalue weighted by atomic mass is 10.2. The van der Waals surface area contributed by atoms with Gasteiger partial charge in [-0.1, -0.05) is 6.92 Å². The van der Waals surface area contributed by atoms with Gasteiger partial charge < -0.3 is 4.90 Å². The first-order chi connectivity index (χ1) is 6.20. The summed E-state index contributed by atoms with van der Waals surface area (Å²) < 4.78 is 0. The topological polar surface area (TPSA) is 32.3 Å². The third kappa shape index (κ3) is 2.38. The minimum absolute atomic E-state index is 0.0595. The highest BCUT2D eigenvalue weighted by Gasteiger charge is 2.31. The molecule has 1 N–H and O–H groups in total. The third-order valence-corrected chi connectivity index (χ3v) is 3.25. The van der Waals surface area contributed by atoms with Gasteiger partial charge in [-0.2, -0.15) is 11.8 Å². The van der Waals surface area contributed by atoms with Crippen molar-refractivity contribution in [2.45, 2.75) is 32.4 Å². The lowest BCUT2D eigenvalue weighted by Gasteiger charge is -2.22. The SMILES string of the molecule is CCC1NCN(C(C)CSC)C1=O. The van der Waals surface area contributed by atoms with E-state index >= 15 is 0 Å². The molecule has 1 rings (SSSR count). The van der Waals surface area contributed by atoms with Gasteiger partial charge in [0.05, 0.1) is 12.7 Å². The van der Waals surface area contributed by atoms with Crippen LogP contribution in [0.3, 0.4) is 0 Å². The van der Waals surface area contributed by atoms with E-state index in [1.54, 1.807) is 11.8 Å². The molecule has 1 heterocycles. The predicted octanol–water partition coefficient (Wildman–Crippen LogP) is 0.906. The Morgan fingerprint density at radius 2 is 2.46 bits per heavy atom. The van der Waals surface area contributed by atoms with Gasteiger partial charge in [-0.3, -0.25) is 10.1 Å². The molecule has 3 nitrogen and oxygen atoms in total. The molecule has 0 radical (unpaired) electrons. The molecule has 0 aliphatic carbocycles. The highest BCUT2D eigenvalue weighted by molar-refractivity contribution is 7.98. The maximum Gasteiger partial charge on any atom is 0.241 e. The summed E-state index contributed by atoms with van der Waals surface area (Å²) in [5.74, 6) is 1.29. The standard InChI is InChI=1S/C9H18N2OS/c1-4-8-9(12)11(6-10-8)7(2)5-13-3/h7-8,10H,4-6H2,1-3H3. The summed E-state index contributed by atoms with van der Waals surface area (Å²) in [6.07, 6.45) is 2.96. The Bertz CT molecular complexity index is 186. The van der Waals surface area contributed by atoms with Crippen molar-refractivity contribution in [3.05, 3.63) is 0 Å². The fraction of sp³-hybridized carbons (Fsp3) is 0.889. The Kier molecular flexibility index (Phi) is 4.06. The normalized spacial score (nSPS) is 25.3. The number of rotatable bonds is 4. The van der Waals surface area contributed by atoms with Crippen molar-refractivity contribution in [2.75, 3.05) is 18.7 Å². The largest absolute Gasteiger partial charge is 0.325 e. The maximum absolute atomic E-state index is 11.7. The molecule has 2 unspecified atom stereocenters. The molecule has 76 valence electrons. The number of amides is 1. The van der Waals surface area contributed by atoms with Crippen molar-refractivity contribution in [1.82, 2.24) is 10.2 Å². The molecule has 1 saturated heterocycles. The summed E-state index contributed by atoms with van der Waals surface area (Å²) in [5.41, 5.74) is 0. The van der Waals surface area contributed by atoms with Crippen molar-refractivity contribution in [3.8, 4) is 0 Å². The van der Waals surface area contributed by atoms with E-state index in [1.807, 2.05) is 11.8 Å². The lowest BCUT2D eigenvalue weighted by molar-refractivity contribution is -0.130. The second-order valence-corrected chi connectivity index (χ2v) is 4.35. The number of hydrogen-bond donors (Lipinski definition) is 1. The lowest BCUT2D eigenvalue weighted by Crippen LogP contribution is -2.38. The Morgan fingerprint density at radius 3 is 2.92 bits per heavy atom. The molecule has 1 aliphatic heterocycles.